The van der Waals surface area contributed by atoms with Crippen LogP contribution in [0.1, 0.15) is 11.5 Å². The van der Waals surface area contributed by atoms with E-state index in [1.165, 1.54) is 0 Å². The third kappa shape index (κ3) is 4.11. The Morgan fingerprint density at radius 1 is 1.41 bits per heavy atom. The fourth-order valence-corrected chi connectivity index (χ4v) is 1.48. The third-order valence-electron chi connectivity index (χ3n) is 2.36. The maximum Gasteiger partial charge on any atom is 0.319 e. The van der Waals surface area contributed by atoms with Gasteiger partial charge in [0, 0.05) is 27.7 Å². The highest BCUT2D eigenvalue weighted by molar-refractivity contribution is 5.73. The van der Waals surface area contributed by atoms with Crippen LogP contribution in [0.25, 0.3) is 0 Å². The Hall–Kier alpha value is -1.49. The monoisotopic (exact) mass is 240 g/mol. The van der Waals surface area contributed by atoms with Gasteiger partial charge in [0.15, 0.2) is 0 Å². The van der Waals surface area contributed by atoms with Crippen LogP contribution < -0.4 is 0 Å². The average Bonchev–Trinajstić information content (AvgIpc) is 2.69. The fraction of sp³-hybridized carbons (Fsp3) is 0.583. The first-order valence-corrected chi connectivity index (χ1v) is 5.55. The largest absolute Gasteiger partial charge is 0.464 e. The molecule has 17 heavy (non-hydrogen) atoms. The summed E-state index contributed by atoms with van der Waals surface area (Å²) >= 11 is 0. The number of hydrogen-bond donors (Lipinski definition) is 0. The predicted octanol–water partition coefficient (Wildman–Crippen LogP) is 1.72. The van der Waals surface area contributed by atoms with E-state index in [0.29, 0.717) is 19.7 Å². The number of furan rings is 1. The lowest BCUT2D eigenvalue weighted by molar-refractivity contribution is 0.128. The van der Waals surface area contributed by atoms with Gasteiger partial charge in [0.1, 0.15) is 11.5 Å². The molecule has 0 unspecified atom stereocenters. The molecule has 0 aromatic carbocycles. The molecule has 0 bridgehead atoms. The molecular formula is C12H20N2O3. The number of urea groups is 1. The minimum atomic E-state index is -0.0453. The zero-order valence-electron chi connectivity index (χ0n) is 10.9. The van der Waals surface area contributed by atoms with Gasteiger partial charge in [0.25, 0.3) is 0 Å². The second-order valence-corrected chi connectivity index (χ2v) is 4.10. The van der Waals surface area contributed by atoms with E-state index in [1.807, 2.05) is 19.1 Å². The first-order chi connectivity index (χ1) is 8.04. The number of rotatable bonds is 5. The van der Waals surface area contributed by atoms with E-state index >= 15 is 0 Å². The van der Waals surface area contributed by atoms with E-state index in [1.54, 1.807) is 31.0 Å². The van der Waals surface area contributed by atoms with E-state index in [4.69, 9.17) is 9.15 Å². The minimum absolute atomic E-state index is 0.0453. The summed E-state index contributed by atoms with van der Waals surface area (Å²) in [5.74, 6) is 1.64. The van der Waals surface area contributed by atoms with Crippen LogP contribution in [0.2, 0.25) is 0 Å². The van der Waals surface area contributed by atoms with E-state index < -0.39 is 0 Å². The number of methoxy groups -OCH3 is 1. The molecule has 0 radical (unpaired) electrons. The van der Waals surface area contributed by atoms with Gasteiger partial charge in [-0.05, 0) is 19.1 Å². The molecule has 1 rings (SSSR count). The standard InChI is InChI=1S/C12H20N2O3/c1-10-5-6-11(17-10)9-14(7-8-16-4)12(15)13(2)3/h5-6H,7-9H2,1-4H3. The van der Waals surface area contributed by atoms with Crippen molar-refractivity contribution in [1.29, 1.82) is 0 Å². The van der Waals surface area contributed by atoms with Gasteiger partial charge in [-0.25, -0.2) is 4.79 Å². The number of aryl methyl sites for hydroxylation is 1. The maximum absolute atomic E-state index is 11.9. The molecule has 5 nitrogen and oxygen atoms in total. The highest BCUT2D eigenvalue weighted by Crippen LogP contribution is 2.10. The summed E-state index contributed by atoms with van der Waals surface area (Å²) in [5, 5.41) is 0. The SMILES string of the molecule is COCCN(Cc1ccc(C)o1)C(=O)N(C)C. The highest BCUT2D eigenvalue weighted by Gasteiger charge is 2.16. The molecule has 0 aliphatic carbocycles. The summed E-state index contributed by atoms with van der Waals surface area (Å²) in [7, 11) is 5.08. The molecule has 0 saturated heterocycles. The van der Waals surface area contributed by atoms with Gasteiger partial charge in [-0.15, -0.1) is 0 Å². The Morgan fingerprint density at radius 2 is 2.12 bits per heavy atom. The molecule has 0 aliphatic heterocycles. The second kappa shape index (κ2) is 6.30. The van der Waals surface area contributed by atoms with Crippen LogP contribution in [-0.2, 0) is 11.3 Å². The van der Waals surface area contributed by atoms with E-state index in [-0.39, 0.29) is 6.03 Å². The Labute approximate surface area is 102 Å². The Morgan fingerprint density at radius 3 is 2.59 bits per heavy atom. The van der Waals surface area contributed by atoms with Crippen LogP contribution in [0.5, 0.6) is 0 Å². The Kier molecular flexibility index (Phi) is 5.03. The van der Waals surface area contributed by atoms with Gasteiger partial charge in [-0.2, -0.15) is 0 Å². The maximum atomic E-state index is 11.9. The van der Waals surface area contributed by atoms with Crippen molar-refractivity contribution in [3.05, 3.63) is 23.7 Å². The van der Waals surface area contributed by atoms with Crippen LogP contribution in [0.4, 0.5) is 4.79 Å². The number of carbonyl (C=O) groups excluding carboxylic acids is 1. The second-order valence-electron chi connectivity index (χ2n) is 4.10. The molecule has 1 heterocycles. The van der Waals surface area contributed by atoms with Crippen molar-refractivity contribution < 1.29 is 13.9 Å². The Bertz CT molecular complexity index is 360. The van der Waals surface area contributed by atoms with Gasteiger partial charge in [-0.3, -0.25) is 0 Å². The van der Waals surface area contributed by atoms with Crippen molar-refractivity contribution in [3.63, 3.8) is 0 Å². The number of nitrogens with zero attached hydrogens (tertiary/aromatic N) is 2. The van der Waals surface area contributed by atoms with Crippen molar-refractivity contribution in [2.24, 2.45) is 0 Å². The minimum Gasteiger partial charge on any atom is -0.464 e. The number of ether oxygens (including phenoxy) is 1. The fourth-order valence-electron chi connectivity index (χ4n) is 1.48. The average molecular weight is 240 g/mol. The number of hydrogen-bond acceptors (Lipinski definition) is 3. The summed E-state index contributed by atoms with van der Waals surface area (Å²) in [6.07, 6.45) is 0. The first-order valence-electron chi connectivity index (χ1n) is 5.55. The van der Waals surface area contributed by atoms with Crippen LogP contribution in [0, 0.1) is 6.92 Å². The summed E-state index contributed by atoms with van der Waals surface area (Å²) in [6, 6.07) is 3.73. The molecule has 0 fully saturated rings. The smallest absolute Gasteiger partial charge is 0.319 e. The number of amides is 2. The van der Waals surface area contributed by atoms with Crippen LogP contribution in [0.3, 0.4) is 0 Å². The molecule has 0 saturated carbocycles. The van der Waals surface area contributed by atoms with Crippen molar-refractivity contribution in [1.82, 2.24) is 9.80 Å². The molecule has 0 atom stereocenters. The highest BCUT2D eigenvalue weighted by atomic mass is 16.5. The van der Waals surface area contributed by atoms with Crippen molar-refractivity contribution >= 4 is 6.03 Å². The van der Waals surface area contributed by atoms with Crippen molar-refractivity contribution in [2.45, 2.75) is 13.5 Å². The number of carbonyl (C=O) groups is 1. The molecule has 96 valence electrons. The van der Waals surface area contributed by atoms with Gasteiger partial charge < -0.3 is 19.0 Å². The molecule has 0 N–H and O–H groups in total. The van der Waals surface area contributed by atoms with Gasteiger partial charge in [0.05, 0.1) is 13.2 Å². The van der Waals surface area contributed by atoms with Crippen LogP contribution in [0.15, 0.2) is 16.5 Å². The normalized spacial score (nSPS) is 10.4. The van der Waals surface area contributed by atoms with E-state index in [0.717, 1.165) is 11.5 Å². The summed E-state index contributed by atoms with van der Waals surface area (Å²) < 4.78 is 10.5. The summed E-state index contributed by atoms with van der Waals surface area (Å²) in [6.45, 7) is 3.41. The first kappa shape index (κ1) is 13.6. The van der Waals surface area contributed by atoms with Crippen molar-refractivity contribution in [3.8, 4) is 0 Å². The molecule has 0 spiro atoms. The molecule has 5 heteroatoms. The molecular weight excluding hydrogens is 220 g/mol. The molecule has 0 aliphatic rings. The zero-order chi connectivity index (χ0) is 12.8. The lowest BCUT2D eigenvalue weighted by atomic mass is 10.4. The lowest BCUT2D eigenvalue weighted by Gasteiger charge is -2.24. The third-order valence-corrected chi connectivity index (χ3v) is 2.36. The summed E-state index contributed by atoms with van der Waals surface area (Å²) in [5.41, 5.74) is 0. The van der Waals surface area contributed by atoms with Crippen molar-refractivity contribution in [2.75, 3.05) is 34.4 Å². The zero-order valence-corrected chi connectivity index (χ0v) is 10.9. The van der Waals surface area contributed by atoms with E-state index in [2.05, 4.69) is 0 Å². The molecule has 1 aromatic heterocycles. The van der Waals surface area contributed by atoms with Gasteiger partial charge in [0.2, 0.25) is 0 Å². The van der Waals surface area contributed by atoms with E-state index in [9.17, 15) is 4.79 Å². The molecule has 1 aromatic rings. The Balaban J connectivity index is 2.66. The van der Waals surface area contributed by atoms with Gasteiger partial charge in [-0.1, -0.05) is 0 Å². The predicted molar refractivity (Wildman–Crippen MR) is 64.8 cm³/mol. The van der Waals surface area contributed by atoms with Gasteiger partial charge >= 0.3 is 6.03 Å². The quantitative estimate of drug-likeness (QED) is 0.787. The summed E-state index contributed by atoms with van der Waals surface area (Å²) in [4.78, 5) is 15.2. The lowest BCUT2D eigenvalue weighted by Crippen LogP contribution is -2.40. The van der Waals surface area contributed by atoms with Crippen LogP contribution in [-0.4, -0.2) is 50.2 Å². The molecule has 2 amide bonds. The van der Waals surface area contributed by atoms with Crippen LogP contribution >= 0.6 is 0 Å². The topological polar surface area (TPSA) is 45.9 Å².